The zero-order chi connectivity index (χ0) is 13.0. The van der Waals surface area contributed by atoms with E-state index in [2.05, 4.69) is 34.4 Å². The van der Waals surface area contributed by atoms with Crippen molar-refractivity contribution in [3.63, 3.8) is 0 Å². The van der Waals surface area contributed by atoms with Gasteiger partial charge in [0.25, 0.3) is 0 Å². The van der Waals surface area contributed by atoms with Gasteiger partial charge < -0.3 is 10.6 Å². The van der Waals surface area contributed by atoms with Gasteiger partial charge in [-0.05, 0) is 32.1 Å². The fourth-order valence-corrected chi connectivity index (χ4v) is 2.64. The predicted octanol–water partition coefficient (Wildman–Crippen LogP) is 3.21. The Bertz CT molecular complexity index is 397. The summed E-state index contributed by atoms with van der Waals surface area (Å²) in [6, 6.07) is 1.99. The minimum absolute atomic E-state index is 0.442. The first-order chi connectivity index (χ1) is 8.61. The second-order valence-electron chi connectivity index (χ2n) is 5.59. The first-order valence-corrected chi connectivity index (χ1v) is 6.95. The Kier molecular flexibility index (Phi) is 4.04. The molecular formula is C14H24N4. The van der Waals surface area contributed by atoms with Gasteiger partial charge in [-0.25, -0.2) is 9.97 Å². The first kappa shape index (κ1) is 13.1. The quantitative estimate of drug-likeness (QED) is 0.840. The summed E-state index contributed by atoms with van der Waals surface area (Å²) in [7, 11) is 0. The van der Waals surface area contributed by atoms with Crippen molar-refractivity contribution in [1.29, 1.82) is 0 Å². The molecule has 1 aliphatic carbocycles. The van der Waals surface area contributed by atoms with Gasteiger partial charge in [0.05, 0.1) is 0 Å². The van der Waals surface area contributed by atoms with E-state index >= 15 is 0 Å². The van der Waals surface area contributed by atoms with Crippen molar-refractivity contribution in [1.82, 2.24) is 9.97 Å². The summed E-state index contributed by atoms with van der Waals surface area (Å²) in [6.07, 6.45) is 5.38. The zero-order valence-corrected chi connectivity index (χ0v) is 11.7. The van der Waals surface area contributed by atoms with E-state index in [1.54, 1.807) is 0 Å². The fourth-order valence-electron chi connectivity index (χ4n) is 2.64. The first-order valence-electron chi connectivity index (χ1n) is 6.95. The molecule has 0 unspecified atom stereocenters. The number of hydrogen-bond donors (Lipinski definition) is 2. The van der Waals surface area contributed by atoms with E-state index < -0.39 is 0 Å². The molecule has 1 aliphatic rings. The maximum absolute atomic E-state index is 4.45. The van der Waals surface area contributed by atoms with Crippen molar-refractivity contribution >= 4 is 11.6 Å². The van der Waals surface area contributed by atoms with Crippen LogP contribution >= 0.6 is 0 Å². The van der Waals surface area contributed by atoms with Gasteiger partial charge in [0.1, 0.15) is 17.5 Å². The Hall–Kier alpha value is -1.32. The summed E-state index contributed by atoms with van der Waals surface area (Å²) in [5.41, 5.74) is 0.442. The molecule has 100 valence electrons. The van der Waals surface area contributed by atoms with Gasteiger partial charge in [-0.1, -0.05) is 19.8 Å². The van der Waals surface area contributed by atoms with Crippen molar-refractivity contribution < 1.29 is 0 Å². The van der Waals surface area contributed by atoms with Crippen LogP contribution in [0, 0.1) is 12.3 Å². The lowest BCUT2D eigenvalue weighted by atomic mass is 9.89. The predicted molar refractivity (Wildman–Crippen MR) is 76.0 cm³/mol. The zero-order valence-electron chi connectivity index (χ0n) is 11.7. The van der Waals surface area contributed by atoms with Crippen LogP contribution in [0.15, 0.2) is 6.07 Å². The number of aryl methyl sites for hydroxylation is 1. The van der Waals surface area contributed by atoms with Crippen molar-refractivity contribution in [2.24, 2.45) is 5.41 Å². The lowest BCUT2D eigenvalue weighted by Crippen LogP contribution is -2.23. The molecule has 0 radical (unpaired) electrons. The molecule has 1 aromatic heterocycles. The molecule has 0 aromatic carbocycles. The van der Waals surface area contributed by atoms with Crippen molar-refractivity contribution in [3.8, 4) is 0 Å². The molecule has 4 heteroatoms. The molecule has 0 amide bonds. The van der Waals surface area contributed by atoms with Crippen LogP contribution in [0.4, 0.5) is 11.6 Å². The maximum atomic E-state index is 4.45. The van der Waals surface area contributed by atoms with Crippen LogP contribution < -0.4 is 10.6 Å². The maximum Gasteiger partial charge on any atom is 0.131 e. The summed E-state index contributed by atoms with van der Waals surface area (Å²) in [6.45, 7) is 8.27. The Morgan fingerprint density at radius 2 is 1.78 bits per heavy atom. The highest BCUT2D eigenvalue weighted by Gasteiger charge is 2.28. The highest BCUT2D eigenvalue weighted by atomic mass is 15.1. The number of nitrogens with zero attached hydrogens (tertiary/aromatic N) is 2. The highest BCUT2D eigenvalue weighted by molar-refractivity contribution is 5.47. The topological polar surface area (TPSA) is 49.8 Å². The lowest BCUT2D eigenvalue weighted by molar-refractivity contribution is 0.361. The van der Waals surface area contributed by atoms with E-state index in [1.807, 2.05) is 13.0 Å². The van der Waals surface area contributed by atoms with Gasteiger partial charge in [0.15, 0.2) is 0 Å². The number of hydrogen-bond acceptors (Lipinski definition) is 4. The van der Waals surface area contributed by atoms with Gasteiger partial charge in [-0.15, -0.1) is 0 Å². The van der Waals surface area contributed by atoms with Crippen LogP contribution in [0.3, 0.4) is 0 Å². The van der Waals surface area contributed by atoms with Crippen molar-refractivity contribution in [2.45, 2.75) is 46.5 Å². The number of rotatable bonds is 5. The van der Waals surface area contributed by atoms with E-state index in [0.29, 0.717) is 5.41 Å². The third kappa shape index (κ3) is 3.34. The van der Waals surface area contributed by atoms with Crippen LogP contribution in [0.2, 0.25) is 0 Å². The third-order valence-electron chi connectivity index (χ3n) is 3.70. The molecule has 0 bridgehead atoms. The molecular weight excluding hydrogens is 224 g/mol. The summed E-state index contributed by atoms with van der Waals surface area (Å²) >= 11 is 0. The molecule has 0 spiro atoms. The number of anilines is 2. The smallest absolute Gasteiger partial charge is 0.131 e. The van der Waals surface area contributed by atoms with Crippen LogP contribution in [-0.2, 0) is 0 Å². The minimum Gasteiger partial charge on any atom is -0.370 e. The van der Waals surface area contributed by atoms with E-state index in [1.165, 1.54) is 25.7 Å². The van der Waals surface area contributed by atoms with Crippen LogP contribution in [0.25, 0.3) is 0 Å². The standard InChI is InChI=1S/C14H24N4/c1-4-15-12-9-13(18-11(2)17-12)16-10-14(3)7-5-6-8-14/h9H,4-8,10H2,1-3H3,(H2,15,16,17,18). The molecule has 2 N–H and O–H groups in total. The van der Waals surface area contributed by atoms with E-state index in [0.717, 1.165) is 30.5 Å². The summed E-state index contributed by atoms with van der Waals surface area (Å²) in [5.74, 6) is 2.66. The van der Waals surface area contributed by atoms with E-state index in [-0.39, 0.29) is 0 Å². The fraction of sp³-hybridized carbons (Fsp3) is 0.714. The van der Waals surface area contributed by atoms with E-state index in [9.17, 15) is 0 Å². The van der Waals surface area contributed by atoms with Gasteiger partial charge in [0.2, 0.25) is 0 Å². The Balaban J connectivity index is 2.00. The normalized spacial score (nSPS) is 17.7. The van der Waals surface area contributed by atoms with Crippen molar-refractivity contribution in [2.75, 3.05) is 23.7 Å². The Morgan fingerprint density at radius 3 is 2.39 bits per heavy atom. The third-order valence-corrected chi connectivity index (χ3v) is 3.70. The molecule has 2 rings (SSSR count). The Morgan fingerprint density at radius 1 is 1.17 bits per heavy atom. The molecule has 1 aromatic rings. The lowest BCUT2D eigenvalue weighted by Gasteiger charge is -2.24. The minimum atomic E-state index is 0.442. The van der Waals surface area contributed by atoms with Gasteiger partial charge in [-0.2, -0.15) is 0 Å². The average molecular weight is 248 g/mol. The van der Waals surface area contributed by atoms with Crippen molar-refractivity contribution in [3.05, 3.63) is 11.9 Å². The second-order valence-corrected chi connectivity index (χ2v) is 5.59. The molecule has 18 heavy (non-hydrogen) atoms. The summed E-state index contributed by atoms with van der Waals surface area (Å²) in [4.78, 5) is 8.80. The SMILES string of the molecule is CCNc1cc(NCC2(C)CCCC2)nc(C)n1. The highest BCUT2D eigenvalue weighted by Crippen LogP contribution is 2.37. The van der Waals surface area contributed by atoms with Crippen LogP contribution in [-0.4, -0.2) is 23.1 Å². The van der Waals surface area contributed by atoms with Gasteiger partial charge >= 0.3 is 0 Å². The Labute approximate surface area is 110 Å². The second kappa shape index (κ2) is 5.55. The van der Waals surface area contributed by atoms with Gasteiger partial charge in [-0.3, -0.25) is 0 Å². The van der Waals surface area contributed by atoms with E-state index in [4.69, 9.17) is 0 Å². The number of nitrogens with one attached hydrogen (secondary N) is 2. The monoisotopic (exact) mass is 248 g/mol. The molecule has 4 nitrogen and oxygen atoms in total. The van der Waals surface area contributed by atoms with Crippen LogP contribution in [0.5, 0.6) is 0 Å². The molecule has 1 saturated carbocycles. The average Bonchev–Trinajstić information content (AvgIpc) is 2.74. The molecule has 0 aliphatic heterocycles. The summed E-state index contributed by atoms with van der Waals surface area (Å²) in [5, 5.41) is 6.71. The molecule has 0 saturated heterocycles. The van der Waals surface area contributed by atoms with Gasteiger partial charge in [0, 0.05) is 19.2 Å². The molecule has 0 atom stereocenters. The number of aromatic nitrogens is 2. The summed E-state index contributed by atoms with van der Waals surface area (Å²) < 4.78 is 0. The van der Waals surface area contributed by atoms with Crippen LogP contribution in [0.1, 0.15) is 45.4 Å². The molecule has 1 heterocycles. The molecule has 1 fully saturated rings. The largest absolute Gasteiger partial charge is 0.370 e.